The summed E-state index contributed by atoms with van der Waals surface area (Å²) in [5.41, 5.74) is 3.35. The molecule has 0 aliphatic carbocycles. The van der Waals surface area contributed by atoms with E-state index in [1.165, 1.54) is 17.9 Å². The molecule has 0 saturated carbocycles. The van der Waals surface area contributed by atoms with Crippen LogP contribution in [0.1, 0.15) is 61.5 Å². The second kappa shape index (κ2) is 12.2. The average Bonchev–Trinajstić information content (AvgIpc) is 3.46. The highest BCUT2D eigenvalue weighted by atomic mass is 16.7. The lowest BCUT2D eigenvalue weighted by molar-refractivity contribution is 0.0111. The molecule has 0 radical (unpaired) electrons. The molecule has 3 aromatic carbocycles. The highest BCUT2D eigenvalue weighted by molar-refractivity contribution is 6.05. The second-order valence-electron chi connectivity index (χ2n) is 10.1. The van der Waals surface area contributed by atoms with Gasteiger partial charge in [-0.25, -0.2) is 0 Å². The molecule has 1 heterocycles. The van der Waals surface area contributed by atoms with Crippen LogP contribution in [-0.2, 0) is 17.9 Å². The Morgan fingerprint density at radius 2 is 1.58 bits per heavy atom. The SMILES string of the molecule is CCCc1ccccc1C(=O)N(OCC(C)(C)N1CCCC1)c1ccc(OCc2ccccc2)cc1. The summed E-state index contributed by atoms with van der Waals surface area (Å²) in [4.78, 5) is 22.6. The molecule has 1 aliphatic rings. The number of amides is 1. The summed E-state index contributed by atoms with van der Waals surface area (Å²) >= 11 is 0. The lowest BCUT2D eigenvalue weighted by Crippen LogP contribution is -2.48. The van der Waals surface area contributed by atoms with E-state index in [2.05, 4.69) is 25.7 Å². The van der Waals surface area contributed by atoms with Gasteiger partial charge in [-0.3, -0.25) is 14.5 Å². The fourth-order valence-corrected chi connectivity index (χ4v) is 4.63. The van der Waals surface area contributed by atoms with Gasteiger partial charge in [0.15, 0.2) is 0 Å². The van der Waals surface area contributed by atoms with Gasteiger partial charge in [-0.05, 0) is 87.7 Å². The number of hydroxylamine groups is 1. The van der Waals surface area contributed by atoms with E-state index in [0.29, 0.717) is 24.5 Å². The number of likely N-dealkylation sites (tertiary alicyclic amines) is 1. The molecule has 1 amide bonds. The monoisotopic (exact) mass is 486 g/mol. The fourth-order valence-electron chi connectivity index (χ4n) is 4.63. The fraction of sp³-hybridized carbons (Fsp3) is 0.387. The van der Waals surface area contributed by atoms with Crippen LogP contribution in [0.15, 0.2) is 78.9 Å². The van der Waals surface area contributed by atoms with Crippen LogP contribution >= 0.6 is 0 Å². The molecule has 1 saturated heterocycles. The van der Waals surface area contributed by atoms with Crippen LogP contribution in [0, 0.1) is 0 Å². The van der Waals surface area contributed by atoms with Crippen LogP contribution in [0.2, 0.25) is 0 Å². The van der Waals surface area contributed by atoms with Crippen molar-refractivity contribution in [2.75, 3.05) is 24.8 Å². The van der Waals surface area contributed by atoms with Gasteiger partial charge in [-0.2, -0.15) is 5.06 Å². The van der Waals surface area contributed by atoms with E-state index in [1.54, 1.807) is 0 Å². The summed E-state index contributed by atoms with van der Waals surface area (Å²) in [5.74, 6) is 0.605. The van der Waals surface area contributed by atoms with Crippen molar-refractivity contribution in [3.63, 3.8) is 0 Å². The van der Waals surface area contributed by atoms with Crippen LogP contribution in [0.4, 0.5) is 5.69 Å². The van der Waals surface area contributed by atoms with Gasteiger partial charge in [-0.1, -0.05) is 61.9 Å². The maximum absolute atomic E-state index is 13.8. The van der Waals surface area contributed by atoms with Crippen LogP contribution < -0.4 is 9.80 Å². The zero-order chi connectivity index (χ0) is 25.4. The average molecular weight is 487 g/mol. The molecule has 0 bridgehead atoms. The first-order valence-corrected chi connectivity index (χ1v) is 13.0. The standard InChI is InChI=1S/C31H38N2O3/c1-4-12-26-15-8-9-16-29(26)30(34)33(36-24-31(2,3)32-21-10-11-22-32)27-17-19-28(20-18-27)35-23-25-13-6-5-7-14-25/h5-9,13-20H,4,10-12,21-24H2,1-3H3. The number of anilines is 1. The minimum Gasteiger partial charge on any atom is -0.489 e. The number of carbonyl (C=O) groups excluding carboxylic acids is 1. The Labute approximate surface area is 215 Å². The van der Waals surface area contributed by atoms with Crippen molar-refractivity contribution >= 4 is 11.6 Å². The van der Waals surface area contributed by atoms with Gasteiger partial charge in [-0.15, -0.1) is 0 Å². The summed E-state index contributed by atoms with van der Waals surface area (Å²) in [5, 5.41) is 1.47. The van der Waals surface area contributed by atoms with Gasteiger partial charge in [0.2, 0.25) is 0 Å². The number of nitrogens with zero attached hydrogens (tertiary/aromatic N) is 2. The number of benzene rings is 3. The smallest absolute Gasteiger partial charge is 0.282 e. The minimum absolute atomic E-state index is 0.144. The molecular weight excluding hydrogens is 448 g/mol. The van der Waals surface area contributed by atoms with E-state index < -0.39 is 0 Å². The third kappa shape index (κ3) is 6.54. The molecule has 4 rings (SSSR count). The number of hydrogen-bond acceptors (Lipinski definition) is 4. The first kappa shape index (κ1) is 25.9. The molecule has 5 heteroatoms. The largest absolute Gasteiger partial charge is 0.489 e. The van der Waals surface area contributed by atoms with Gasteiger partial charge in [0.05, 0.1) is 12.3 Å². The molecule has 190 valence electrons. The molecule has 0 N–H and O–H groups in total. The Morgan fingerprint density at radius 1 is 0.917 bits per heavy atom. The number of carbonyl (C=O) groups is 1. The molecule has 0 aromatic heterocycles. The van der Waals surface area contributed by atoms with Gasteiger partial charge in [0, 0.05) is 11.1 Å². The molecule has 5 nitrogen and oxygen atoms in total. The van der Waals surface area contributed by atoms with E-state index in [1.807, 2.05) is 78.9 Å². The van der Waals surface area contributed by atoms with Crippen molar-refractivity contribution in [3.05, 3.63) is 95.6 Å². The quantitative estimate of drug-likeness (QED) is 0.284. The maximum atomic E-state index is 13.8. The summed E-state index contributed by atoms with van der Waals surface area (Å²) in [7, 11) is 0. The molecular formula is C31H38N2O3. The summed E-state index contributed by atoms with van der Waals surface area (Å²) < 4.78 is 5.95. The van der Waals surface area contributed by atoms with Crippen molar-refractivity contribution in [1.29, 1.82) is 0 Å². The van der Waals surface area contributed by atoms with Gasteiger partial charge in [0.1, 0.15) is 12.4 Å². The number of aryl methyl sites for hydroxylation is 1. The first-order chi connectivity index (χ1) is 17.5. The van der Waals surface area contributed by atoms with Crippen molar-refractivity contribution < 1.29 is 14.4 Å². The maximum Gasteiger partial charge on any atom is 0.282 e. The lowest BCUT2D eigenvalue weighted by Gasteiger charge is -2.36. The Hall–Kier alpha value is -3.15. The number of hydrogen-bond donors (Lipinski definition) is 0. The van der Waals surface area contributed by atoms with Crippen LogP contribution in [0.5, 0.6) is 5.75 Å². The lowest BCUT2D eigenvalue weighted by atomic mass is 10.0. The topological polar surface area (TPSA) is 42.0 Å². The van der Waals surface area contributed by atoms with Crippen molar-refractivity contribution in [2.24, 2.45) is 0 Å². The van der Waals surface area contributed by atoms with Crippen LogP contribution in [0.25, 0.3) is 0 Å². The molecule has 0 atom stereocenters. The molecule has 1 fully saturated rings. The highest BCUT2D eigenvalue weighted by Gasteiger charge is 2.32. The Kier molecular flexibility index (Phi) is 8.79. The van der Waals surface area contributed by atoms with E-state index in [4.69, 9.17) is 9.57 Å². The number of rotatable bonds is 11. The van der Waals surface area contributed by atoms with E-state index >= 15 is 0 Å². The van der Waals surface area contributed by atoms with Crippen LogP contribution in [-0.4, -0.2) is 36.0 Å². The molecule has 0 spiro atoms. The molecule has 3 aromatic rings. The van der Waals surface area contributed by atoms with E-state index in [9.17, 15) is 4.79 Å². The van der Waals surface area contributed by atoms with Crippen molar-refractivity contribution in [1.82, 2.24) is 4.90 Å². The first-order valence-electron chi connectivity index (χ1n) is 13.0. The molecule has 1 aliphatic heterocycles. The molecule has 0 unspecified atom stereocenters. The zero-order valence-electron chi connectivity index (χ0n) is 21.8. The predicted molar refractivity (Wildman–Crippen MR) is 145 cm³/mol. The summed E-state index contributed by atoms with van der Waals surface area (Å²) in [6.45, 7) is 9.55. The third-order valence-corrected chi connectivity index (χ3v) is 6.78. The second-order valence-corrected chi connectivity index (χ2v) is 10.1. The minimum atomic E-state index is -0.170. The summed E-state index contributed by atoms with van der Waals surface area (Å²) in [6.07, 6.45) is 4.24. The zero-order valence-corrected chi connectivity index (χ0v) is 21.8. The normalized spacial score (nSPS) is 14.1. The van der Waals surface area contributed by atoms with E-state index in [-0.39, 0.29) is 11.4 Å². The predicted octanol–water partition coefficient (Wildman–Crippen LogP) is 6.67. The van der Waals surface area contributed by atoms with E-state index in [0.717, 1.165) is 42.8 Å². The third-order valence-electron chi connectivity index (χ3n) is 6.78. The van der Waals surface area contributed by atoms with Crippen molar-refractivity contribution in [3.8, 4) is 5.75 Å². The summed E-state index contributed by atoms with van der Waals surface area (Å²) in [6, 6.07) is 25.5. The van der Waals surface area contributed by atoms with Gasteiger partial charge >= 0.3 is 0 Å². The Balaban J connectivity index is 1.54. The Bertz CT molecular complexity index is 1110. The molecule has 36 heavy (non-hydrogen) atoms. The van der Waals surface area contributed by atoms with Crippen molar-refractivity contribution in [2.45, 2.75) is 58.6 Å². The highest BCUT2D eigenvalue weighted by Crippen LogP contribution is 2.27. The van der Waals surface area contributed by atoms with Gasteiger partial charge in [0.25, 0.3) is 5.91 Å². The van der Waals surface area contributed by atoms with Crippen LogP contribution in [0.3, 0.4) is 0 Å². The van der Waals surface area contributed by atoms with Gasteiger partial charge < -0.3 is 4.74 Å². The Morgan fingerprint density at radius 3 is 2.28 bits per heavy atom. The number of ether oxygens (including phenoxy) is 1.